The van der Waals surface area contributed by atoms with Crippen molar-refractivity contribution in [2.24, 2.45) is 5.73 Å². The molecule has 0 aliphatic rings. The van der Waals surface area contributed by atoms with E-state index in [1.54, 1.807) is 0 Å². The summed E-state index contributed by atoms with van der Waals surface area (Å²) in [5.74, 6) is 0.243. The van der Waals surface area contributed by atoms with Crippen molar-refractivity contribution in [2.75, 3.05) is 13.1 Å². The van der Waals surface area contributed by atoms with Gasteiger partial charge in [0.1, 0.15) is 0 Å². The van der Waals surface area contributed by atoms with E-state index in [1.165, 1.54) is 83.5 Å². The van der Waals surface area contributed by atoms with Crippen molar-refractivity contribution in [3.8, 4) is 0 Å². The smallest absolute Gasteiger partial charge is 0.219 e. The summed E-state index contributed by atoms with van der Waals surface area (Å²) < 4.78 is 0. The third-order valence-corrected chi connectivity index (χ3v) is 4.71. The minimum Gasteiger partial charge on any atom is -0.356 e. The SMILES string of the molecule is CCCCCCCCCCCCCC(=O)NCCCCCCCN. The summed E-state index contributed by atoms with van der Waals surface area (Å²) in [4.78, 5) is 11.7. The first-order valence-electron chi connectivity index (χ1n) is 10.8. The van der Waals surface area contributed by atoms with Gasteiger partial charge in [0.25, 0.3) is 0 Å². The predicted octanol–water partition coefficient (Wildman–Crippen LogP) is 5.71. The van der Waals surface area contributed by atoms with Crippen LogP contribution in [-0.4, -0.2) is 19.0 Å². The van der Waals surface area contributed by atoms with E-state index in [-0.39, 0.29) is 5.91 Å². The van der Waals surface area contributed by atoms with E-state index in [1.807, 2.05) is 0 Å². The molecule has 0 bridgehead atoms. The Balaban J connectivity index is 3.12. The van der Waals surface area contributed by atoms with Crippen molar-refractivity contribution in [2.45, 2.75) is 116 Å². The molecule has 0 fully saturated rings. The van der Waals surface area contributed by atoms with Gasteiger partial charge in [0.15, 0.2) is 0 Å². The highest BCUT2D eigenvalue weighted by Crippen LogP contribution is 2.11. The number of hydrogen-bond acceptors (Lipinski definition) is 2. The van der Waals surface area contributed by atoms with E-state index >= 15 is 0 Å². The van der Waals surface area contributed by atoms with Crippen LogP contribution in [0.15, 0.2) is 0 Å². The molecule has 0 rings (SSSR count). The fourth-order valence-corrected chi connectivity index (χ4v) is 3.07. The molecule has 1 amide bonds. The quantitative estimate of drug-likeness (QED) is 0.296. The van der Waals surface area contributed by atoms with E-state index < -0.39 is 0 Å². The number of unbranched alkanes of at least 4 members (excludes halogenated alkanes) is 14. The Kier molecular flexibility index (Phi) is 20.0. The van der Waals surface area contributed by atoms with E-state index in [9.17, 15) is 4.79 Å². The first-order chi connectivity index (χ1) is 11.8. The van der Waals surface area contributed by atoms with Crippen LogP contribution in [0, 0.1) is 0 Å². The molecule has 0 heterocycles. The number of nitrogens with one attached hydrogen (secondary N) is 1. The third kappa shape index (κ3) is 19.5. The van der Waals surface area contributed by atoms with Gasteiger partial charge in [0.05, 0.1) is 0 Å². The van der Waals surface area contributed by atoms with Crippen molar-refractivity contribution >= 4 is 5.91 Å². The molecule has 3 heteroatoms. The Labute approximate surface area is 151 Å². The fraction of sp³-hybridized carbons (Fsp3) is 0.952. The minimum atomic E-state index is 0.243. The second kappa shape index (κ2) is 20.5. The molecule has 144 valence electrons. The Morgan fingerprint density at radius 2 is 1.12 bits per heavy atom. The molecular formula is C21H44N2O. The van der Waals surface area contributed by atoms with Crippen LogP contribution >= 0.6 is 0 Å². The lowest BCUT2D eigenvalue weighted by Crippen LogP contribution is -2.23. The van der Waals surface area contributed by atoms with Gasteiger partial charge in [-0.25, -0.2) is 0 Å². The zero-order chi connectivity index (χ0) is 17.7. The van der Waals surface area contributed by atoms with Gasteiger partial charge in [-0.15, -0.1) is 0 Å². The summed E-state index contributed by atoms with van der Waals surface area (Å²) in [6.45, 7) is 3.92. The summed E-state index contributed by atoms with van der Waals surface area (Å²) in [6, 6.07) is 0. The van der Waals surface area contributed by atoms with E-state index in [0.717, 1.165) is 32.4 Å². The molecule has 0 saturated carbocycles. The Morgan fingerprint density at radius 3 is 1.67 bits per heavy atom. The molecule has 0 unspecified atom stereocenters. The second-order valence-corrected chi connectivity index (χ2v) is 7.19. The fourth-order valence-electron chi connectivity index (χ4n) is 3.07. The average molecular weight is 341 g/mol. The summed E-state index contributed by atoms with van der Waals surface area (Å²) in [5.41, 5.74) is 5.47. The molecular weight excluding hydrogens is 296 g/mol. The van der Waals surface area contributed by atoms with Gasteiger partial charge in [-0.1, -0.05) is 90.4 Å². The molecule has 0 aliphatic carbocycles. The maximum Gasteiger partial charge on any atom is 0.219 e. The molecule has 0 aromatic rings. The van der Waals surface area contributed by atoms with Gasteiger partial charge in [-0.3, -0.25) is 4.79 Å². The number of hydrogen-bond donors (Lipinski definition) is 2. The van der Waals surface area contributed by atoms with E-state index in [0.29, 0.717) is 6.42 Å². The summed E-state index contributed by atoms with van der Waals surface area (Å²) in [6.07, 6.45) is 21.3. The summed E-state index contributed by atoms with van der Waals surface area (Å²) in [7, 11) is 0. The van der Waals surface area contributed by atoms with E-state index in [2.05, 4.69) is 12.2 Å². The highest BCUT2D eigenvalue weighted by atomic mass is 16.1. The van der Waals surface area contributed by atoms with Gasteiger partial charge >= 0.3 is 0 Å². The number of carbonyl (C=O) groups is 1. The number of nitrogens with two attached hydrogens (primary N) is 1. The normalized spacial score (nSPS) is 10.9. The van der Waals surface area contributed by atoms with Crippen LogP contribution in [0.25, 0.3) is 0 Å². The first-order valence-corrected chi connectivity index (χ1v) is 10.8. The molecule has 24 heavy (non-hydrogen) atoms. The minimum absolute atomic E-state index is 0.243. The second-order valence-electron chi connectivity index (χ2n) is 7.19. The maximum atomic E-state index is 11.7. The van der Waals surface area contributed by atoms with Crippen molar-refractivity contribution < 1.29 is 4.79 Å². The lowest BCUT2D eigenvalue weighted by atomic mass is 10.1. The van der Waals surface area contributed by atoms with Crippen LogP contribution in [0.2, 0.25) is 0 Å². The van der Waals surface area contributed by atoms with Crippen LogP contribution in [0.3, 0.4) is 0 Å². The highest BCUT2D eigenvalue weighted by Gasteiger charge is 2.00. The van der Waals surface area contributed by atoms with Crippen LogP contribution in [0.4, 0.5) is 0 Å². The lowest BCUT2D eigenvalue weighted by molar-refractivity contribution is -0.121. The summed E-state index contributed by atoms with van der Waals surface area (Å²) >= 11 is 0. The predicted molar refractivity (Wildman–Crippen MR) is 106 cm³/mol. The van der Waals surface area contributed by atoms with Crippen molar-refractivity contribution in [3.05, 3.63) is 0 Å². The molecule has 0 aromatic heterocycles. The van der Waals surface area contributed by atoms with Crippen LogP contribution in [-0.2, 0) is 4.79 Å². The highest BCUT2D eigenvalue weighted by molar-refractivity contribution is 5.75. The molecule has 0 saturated heterocycles. The van der Waals surface area contributed by atoms with Crippen molar-refractivity contribution in [1.29, 1.82) is 0 Å². The molecule has 0 atom stereocenters. The Bertz CT molecular complexity index is 256. The zero-order valence-corrected chi connectivity index (χ0v) is 16.4. The van der Waals surface area contributed by atoms with Crippen LogP contribution in [0.1, 0.15) is 116 Å². The molecule has 3 nitrogen and oxygen atoms in total. The number of rotatable bonds is 19. The summed E-state index contributed by atoms with van der Waals surface area (Å²) in [5, 5.41) is 3.05. The molecule has 0 aromatic carbocycles. The number of amides is 1. The first kappa shape index (κ1) is 23.4. The molecule has 0 radical (unpaired) electrons. The standard InChI is InChI=1S/C21H44N2O/c1-2-3-4-5-6-7-8-9-10-12-15-18-21(24)23-20-17-14-11-13-16-19-22/h2-20,22H2,1H3,(H,23,24). The van der Waals surface area contributed by atoms with Gasteiger partial charge in [-0.2, -0.15) is 0 Å². The van der Waals surface area contributed by atoms with Crippen molar-refractivity contribution in [1.82, 2.24) is 5.32 Å². The topological polar surface area (TPSA) is 55.1 Å². The molecule has 3 N–H and O–H groups in total. The van der Waals surface area contributed by atoms with Gasteiger partial charge < -0.3 is 11.1 Å². The van der Waals surface area contributed by atoms with Gasteiger partial charge in [0, 0.05) is 13.0 Å². The molecule has 0 spiro atoms. The lowest BCUT2D eigenvalue weighted by Gasteiger charge is -2.05. The monoisotopic (exact) mass is 340 g/mol. The Hall–Kier alpha value is -0.570. The third-order valence-electron chi connectivity index (χ3n) is 4.71. The van der Waals surface area contributed by atoms with Gasteiger partial charge in [-0.05, 0) is 25.8 Å². The van der Waals surface area contributed by atoms with Gasteiger partial charge in [0.2, 0.25) is 5.91 Å². The largest absolute Gasteiger partial charge is 0.356 e. The van der Waals surface area contributed by atoms with Crippen molar-refractivity contribution in [3.63, 3.8) is 0 Å². The van der Waals surface area contributed by atoms with E-state index in [4.69, 9.17) is 5.73 Å². The Morgan fingerprint density at radius 1 is 0.667 bits per heavy atom. The number of carbonyl (C=O) groups excluding carboxylic acids is 1. The maximum absolute atomic E-state index is 11.7. The average Bonchev–Trinajstić information content (AvgIpc) is 2.59. The van der Waals surface area contributed by atoms with Crippen LogP contribution in [0.5, 0.6) is 0 Å². The van der Waals surface area contributed by atoms with Crippen LogP contribution < -0.4 is 11.1 Å². The molecule has 0 aliphatic heterocycles. The zero-order valence-electron chi connectivity index (χ0n) is 16.4.